The molecule has 1 aliphatic rings. The van der Waals surface area contributed by atoms with Crippen molar-refractivity contribution in [3.63, 3.8) is 0 Å². The van der Waals surface area contributed by atoms with E-state index < -0.39 is 17.9 Å². The molecule has 0 heterocycles. The van der Waals surface area contributed by atoms with Crippen LogP contribution in [0.15, 0.2) is 42.5 Å². The second-order valence-electron chi connectivity index (χ2n) is 6.60. The van der Waals surface area contributed by atoms with Crippen LogP contribution in [0.1, 0.15) is 33.7 Å². The Hall–Kier alpha value is -2.17. The lowest BCUT2D eigenvalue weighted by atomic mass is 9.97. The van der Waals surface area contributed by atoms with Crippen LogP contribution in [0.5, 0.6) is 0 Å². The minimum Gasteiger partial charge on any atom is -0.392 e. The molecule has 2 aromatic rings. The van der Waals surface area contributed by atoms with Crippen LogP contribution in [0.4, 0.5) is 0 Å². The zero-order chi connectivity index (χ0) is 17.1. The number of hydrogen-bond donors (Lipinski definition) is 3. The number of primary amides is 1. The van der Waals surface area contributed by atoms with E-state index in [1.54, 1.807) is 0 Å². The van der Waals surface area contributed by atoms with E-state index in [4.69, 9.17) is 5.73 Å². The number of carbonyl (C=O) groups is 1. The number of nitrogens with two attached hydrogens (primary N) is 1. The van der Waals surface area contributed by atoms with E-state index in [1.807, 2.05) is 18.2 Å². The van der Waals surface area contributed by atoms with Gasteiger partial charge in [0.1, 0.15) is 0 Å². The number of aryl methyl sites for hydroxylation is 1. The molecule has 0 spiro atoms. The molecule has 0 fully saturated rings. The molecule has 0 aliphatic heterocycles. The maximum atomic E-state index is 11.6. The maximum absolute atomic E-state index is 11.6. The lowest BCUT2D eigenvalue weighted by Gasteiger charge is -2.12. The van der Waals surface area contributed by atoms with Crippen molar-refractivity contribution in [1.29, 1.82) is 0 Å². The summed E-state index contributed by atoms with van der Waals surface area (Å²) in [5.41, 5.74) is 11.0. The summed E-state index contributed by atoms with van der Waals surface area (Å²) in [7, 11) is 0. The molecular formula is C20H24N2O2. The highest BCUT2D eigenvalue weighted by Gasteiger charge is 2.35. The molecule has 24 heavy (non-hydrogen) atoms. The number of hydrogen-bond acceptors (Lipinski definition) is 3. The van der Waals surface area contributed by atoms with Gasteiger partial charge in [-0.1, -0.05) is 48.0 Å². The molecule has 0 aromatic heterocycles. The summed E-state index contributed by atoms with van der Waals surface area (Å²) in [6.07, 6.45) is 0.792. The molecule has 2 aromatic carbocycles. The maximum Gasteiger partial charge on any atom is 0.227 e. The molecule has 1 aliphatic carbocycles. The number of nitrogens with one attached hydrogen (secondary N) is 1. The van der Waals surface area contributed by atoms with E-state index >= 15 is 0 Å². The Morgan fingerprint density at radius 2 is 1.92 bits per heavy atom. The minimum atomic E-state index is -0.692. The Morgan fingerprint density at radius 1 is 1.21 bits per heavy atom. The van der Waals surface area contributed by atoms with Crippen molar-refractivity contribution < 1.29 is 9.90 Å². The van der Waals surface area contributed by atoms with Crippen molar-refractivity contribution in [3.8, 4) is 0 Å². The standard InChI is InChI=1S/C20H24N2O2/c1-13-2-4-14(5-3-13)8-9-22-12-15-6-7-16-11-18(23)19(20(21)24)17(16)10-15/h2-7,10,18-19,22-23H,8-9,11-12H2,1H3,(H2,21,24)/t18-,19-/m1/s1. The Bertz CT molecular complexity index is 725. The molecule has 0 radical (unpaired) electrons. The van der Waals surface area contributed by atoms with E-state index in [9.17, 15) is 9.90 Å². The number of aliphatic hydroxyl groups is 1. The molecular weight excluding hydrogens is 300 g/mol. The predicted molar refractivity (Wildman–Crippen MR) is 94.7 cm³/mol. The summed E-state index contributed by atoms with van der Waals surface area (Å²) < 4.78 is 0. The van der Waals surface area contributed by atoms with Gasteiger partial charge >= 0.3 is 0 Å². The van der Waals surface area contributed by atoms with E-state index in [0.29, 0.717) is 6.42 Å². The number of rotatable bonds is 6. The molecule has 0 saturated carbocycles. The van der Waals surface area contributed by atoms with Crippen LogP contribution in [0.25, 0.3) is 0 Å². The summed E-state index contributed by atoms with van der Waals surface area (Å²) in [6, 6.07) is 14.6. The summed E-state index contributed by atoms with van der Waals surface area (Å²) >= 11 is 0. The third-order valence-electron chi connectivity index (χ3n) is 4.71. The van der Waals surface area contributed by atoms with Crippen molar-refractivity contribution in [1.82, 2.24) is 5.32 Å². The first-order chi connectivity index (χ1) is 11.5. The summed E-state index contributed by atoms with van der Waals surface area (Å²) in [6.45, 7) is 3.72. The second-order valence-corrected chi connectivity index (χ2v) is 6.60. The van der Waals surface area contributed by atoms with Crippen molar-refractivity contribution in [2.24, 2.45) is 5.73 Å². The Kier molecular flexibility index (Phi) is 4.97. The van der Waals surface area contributed by atoms with Crippen molar-refractivity contribution in [3.05, 3.63) is 70.3 Å². The first kappa shape index (κ1) is 16.7. The van der Waals surface area contributed by atoms with Gasteiger partial charge in [0, 0.05) is 6.54 Å². The van der Waals surface area contributed by atoms with Crippen molar-refractivity contribution in [2.45, 2.75) is 38.3 Å². The van der Waals surface area contributed by atoms with Gasteiger partial charge in [-0.3, -0.25) is 4.79 Å². The van der Waals surface area contributed by atoms with E-state index in [1.165, 1.54) is 11.1 Å². The average molecular weight is 324 g/mol. The van der Waals surface area contributed by atoms with Gasteiger partial charge in [0.15, 0.2) is 0 Å². The average Bonchev–Trinajstić information content (AvgIpc) is 2.88. The molecule has 0 bridgehead atoms. The highest BCUT2D eigenvalue weighted by atomic mass is 16.3. The van der Waals surface area contributed by atoms with Crippen LogP contribution in [-0.4, -0.2) is 23.7 Å². The third kappa shape index (κ3) is 3.66. The second kappa shape index (κ2) is 7.16. The quantitative estimate of drug-likeness (QED) is 0.710. The van der Waals surface area contributed by atoms with E-state index in [2.05, 4.69) is 36.5 Å². The molecule has 4 N–H and O–H groups in total. The normalized spacial score (nSPS) is 19.2. The van der Waals surface area contributed by atoms with Gasteiger partial charge < -0.3 is 16.2 Å². The van der Waals surface area contributed by atoms with E-state index in [0.717, 1.165) is 36.2 Å². The smallest absolute Gasteiger partial charge is 0.227 e. The molecule has 4 nitrogen and oxygen atoms in total. The molecule has 126 valence electrons. The molecule has 2 atom stereocenters. The number of aliphatic hydroxyl groups excluding tert-OH is 1. The molecule has 0 unspecified atom stereocenters. The topological polar surface area (TPSA) is 75.3 Å². The van der Waals surface area contributed by atoms with Crippen LogP contribution in [0, 0.1) is 6.92 Å². The van der Waals surface area contributed by atoms with Gasteiger partial charge in [0.25, 0.3) is 0 Å². The Morgan fingerprint density at radius 3 is 2.62 bits per heavy atom. The first-order valence-corrected chi connectivity index (χ1v) is 8.40. The largest absolute Gasteiger partial charge is 0.392 e. The van der Waals surface area contributed by atoms with Crippen LogP contribution < -0.4 is 11.1 Å². The molecule has 1 amide bonds. The fourth-order valence-corrected chi connectivity index (χ4v) is 3.34. The Labute approximate surface area is 142 Å². The van der Waals surface area contributed by atoms with Crippen LogP contribution in [0.2, 0.25) is 0 Å². The summed E-state index contributed by atoms with van der Waals surface area (Å²) in [4.78, 5) is 11.6. The lowest BCUT2D eigenvalue weighted by Crippen LogP contribution is -2.28. The SMILES string of the molecule is Cc1ccc(CCNCc2ccc3c(c2)[C@@H](C(N)=O)[C@H](O)C3)cc1. The number of fused-ring (bicyclic) bond motifs is 1. The number of benzene rings is 2. The summed E-state index contributed by atoms with van der Waals surface area (Å²) in [5.74, 6) is -1.03. The molecule has 3 rings (SSSR count). The van der Waals surface area contributed by atoms with Gasteiger partial charge in [0.2, 0.25) is 5.91 Å². The van der Waals surface area contributed by atoms with E-state index in [-0.39, 0.29) is 0 Å². The lowest BCUT2D eigenvalue weighted by molar-refractivity contribution is -0.121. The van der Waals surface area contributed by atoms with Gasteiger partial charge in [-0.05, 0) is 48.6 Å². The van der Waals surface area contributed by atoms with Crippen molar-refractivity contribution in [2.75, 3.05) is 6.54 Å². The minimum absolute atomic E-state index is 0.453. The van der Waals surface area contributed by atoms with Gasteiger partial charge in [0.05, 0.1) is 12.0 Å². The first-order valence-electron chi connectivity index (χ1n) is 8.40. The highest BCUT2D eigenvalue weighted by Crippen LogP contribution is 2.33. The fraction of sp³-hybridized carbons (Fsp3) is 0.350. The Balaban J connectivity index is 1.57. The summed E-state index contributed by atoms with van der Waals surface area (Å²) in [5, 5.41) is 13.4. The van der Waals surface area contributed by atoms with Crippen LogP contribution in [-0.2, 0) is 24.2 Å². The third-order valence-corrected chi connectivity index (χ3v) is 4.71. The predicted octanol–water partition coefficient (Wildman–Crippen LogP) is 1.81. The van der Waals surface area contributed by atoms with Gasteiger partial charge in [-0.15, -0.1) is 0 Å². The molecule has 0 saturated heterocycles. The van der Waals surface area contributed by atoms with Crippen LogP contribution >= 0.6 is 0 Å². The zero-order valence-corrected chi connectivity index (χ0v) is 14.0. The monoisotopic (exact) mass is 324 g/mol. The number of carbonyl (C=O) groups excluding carboxylic acids is 1. The van der Waals surface area contributed by atoms with Gasteiger partial charge in [-0.2, -0.15) is 0 Å². The highest BCUT2D eigenvalue weighted by molar-refractivity contribution is 5.84. The number of amides is 1. The van der Waals surface area contributed by atoms with Crippen molar-refractivity contribution >= 4 is 5.91 Å². The molecule has 4 heteroatoms. The zero-order valence-electron chi connectivity index (χ0n) is 14.0. The fourth-order valence-electron chi connectivity index (χ4n) is 3.34. The van der Waals surface area contributed by atoms with Crippen LogP contribution in [0.3, 0.4) is 0 Å². The van der Waals surface area contributed by atoms with Gasteiger partial charge in [-0.25, -0.2) is 0 Å².